The molecule has 0 radical (unpaired) electrons. The summed E-state index contributed by atoms with van der Waals surface area (Å²) >= 11 is 1.57. The third-order valence-corrected chi connectivity index (χ3v) is 5.24. The number of hydrogen-bond donors (Lipinski definition) is 0. The van der Waals surface area contributed by atoms with E-state index in [0.29, 0.717) is 5.75 Å². The van der Waals surface area contributed by atoms with Crippen molar-refractivity contribution >= 4 is 11.8 Å². The van der Waals surface area contributed by atoms with Crippen LogP contribution in [0.25, 0.3) is 0 Å². The molecule has 0 amide bonds. The highest BCUT2D eigenvalue weighted by atomic mass is 32.2. The lowest BCUT2D eigenvalue weighted by atomic mass is 10.1. The second-order valence-electron chi connectivity index (χ2n) is 6.34. The average molecular weight is 371 g/mol. The SMILES string of the molecule is Cc1ccc(OC(C)c2nnc(SCc3ccc(F)cc3)n2C)c(C)c1. The van der Waals surface area contributed by atoms with E-state index in [1.54, 1.807) is 23.9 Å². The van der Waals surface area contributed by atoms with Gasteiger partial charge in [0.05, 0.1) is 0 Å². The van der Waals surface area contributed by atoms with E-state index in [1.165, 1.54) is 17.7 Å². The average Bonchev–Trinajstić information content (AvgIpc) is 2.98. The zero-order chi connectivity index (χ0) is 18.7. The summed E-state index contributed by atoms with van der Waals surface area (Å²) in [7, 11) is 1.93. The molecule has 3 aromatic rings. The van der Waals surface area contributed by atoms with Crippen LogP contribution >= 0.6 is 11.8 Å². The molecule has 0 bridgehead atoms. The van der Waals surface area contributed by atoms with Crippen LogP contribution in [0.4, 0.5) is 4.39 Å². The minimum absolute atomic E-state index is 0.214. The third kappa shape index (κ3) is 4.25. The summed E-state index contributed by atoms with van der Waals surface area (Å²) < 4.78 is 21.0. The Morgan fingerprint density at radius 3 is 2.54 bits per heavy atom. The van der Waals surface area contributed by atoms with E-state index in [0.717, 1.165) is 27.9 Å². The van der Waals surface area contributed by atoms with Gasteiger partial charge in [0.2, 0.25) is 0 Å². The van der Waals surface area contributed by atoms with Gasteiger partial charge in [-0.1, -0.05) is 41.6 Å². The van der Waals surface area contributed by atoms with Crippen LogP contribution in [-0.4, -0.2) is 14.8 Å². The number of hydrogen-bond acceptors (Lipinski definition) is 4. The van der Waals surface area contributed by atoms with Crippen LogP contribution in [0.15, 0.2) is 47.6 Å². The number of thioether (sulfide) groups is 1. The molecule has 136 valence electrons. The molecule has 1 unspecified atom stereocenters. The van der Waals surface area contributed by atoms with E-state index < -0.39 is 0 Å². The highest BCUT2D eigenvalue weighted by Crippen LogP contribution is 2.27. The van der Waals surface area contributed by atoms with Crippen molar-refractivity contribution < 1.29 is 9.13 Å². The molecule has 26 heavy (non-hydrogen) atoms. The summed E-state index contributed by atoms with van der Waals surface area (Å²) in [5, 5.41) is 9.37. The maximum absolute atomic E-state index is 13.0. The second kappa shape index (κ2) is 7.91. The zero-order valence-electron chi connectivity index (χ0n) is 15.4. The maximum atomic E-state index is 13.0. The normalized spacial score (nSPS) is 12.2. The Hall–Kier alpha value is -2.34. The van der Waals surface area contributed by atoms with E-state index in [4.69, 9.17) is 4.74 Å². The first-order valence-corrected chi connectivity index (χ1v) is 9.43. The van der Waals surface area contributed by atoms with Gasteiger partial charge in [-0.05, 0) is 50.1 Å². The lowest BCUT2D eigenvalue weighted by Gasteiger charge is -2.16. The van der Waals surface area contributed by atoms with Gasteiger partial charge in [0.25, 0.3) is 0 Å². The van der Waals surface area contributed by atoms with Crippen LogP contribution in [0.5, 0.6) is 5.75 Å². The molecule has 0 N–H and O–H groups in total. The first kappa shape index (κ1) is 18.5. The highest BCUT2D eigenvalue weighted by molar-refractivity contribution is 7.98. The van der Waals surface area contributed by atoms with Crippen molar-refractivity contribution in [3.05, 3.63) is 70.8 Å². The summed E-state index contributed by atoms with van der Waals surface area (Å²) in [6, 6.07) is 12.6. The Morgan fingerprint density at radius 1 is 1.12 bits per heavy atom. The summed E-state index contributed by atoms with van der Waals surface area (Å²) in [6.07, 6.45) is -0.214. The molecule has 1 atom stereocenters. The predicted molar refractivity (Wildman–Crippen MR) is 102 cm³/mol. The van der Waals surface area contributed by atoms with E-state index >= 15 is 0 Å². The highest BCUT2D eigenvalue weighted by Gasteiger charge is 2.18. The molecular formula is C20H22FN3OS. The molecule has 6 heteroatoms. The van der Waals surface area contributed by atoms with Gasteiger partial charge >= 0.3 is 0 Å². The van der Waals surface area contributed by atoms with Gasteiger partial charge in [-0.3, -0.25) is 0 Å². The molecule has 0 saturated carbocycles. The first-order valence-electron chi connectivity index (χ1n) is 8.44. The van der Waals surface area contributed by atoms with Gasteiger partial charge in [-0.2, -0.15) is 0 Å². The number of benzene rings is 2. The van der Waals surface area contributed by atoms with Gasteiger partial charge in [0.1, 0.15) is 11.6 Å². The van der Waals surface area contributed by atoms with Crippen LogP contribution in [0.1, 0.15) is 35.5 Å². The van der Waals surface area contributed by atoms with E-state index in [1.807, 2.05) is 37.6 Å². The van der Waals surface area contributed by atoms with Gasteiger partial charge in [0.15, 0.2) is 17.1 Å². The number of halogens is 1. The fourth-order valence-corrected chi connectivity index (χ4v) is 3.58. The van der Waals surface area contributed by atoms with E-state index in [2.05, 4.69) is 23.2 Å². The van der Waals surface area contributed by atoms with Crippen molar-refractivity contribution in [3.8, 4) is 5.75 Å². The molecule has 0 spiro atoms. The van der Waals surface area contributed by atoms with Crippen LogP contribution < -0.4 is 4.74 Å². The monoisotopic (exact) mass is 371 g/mol. The Morgan fingerprint density at radius 2 is 1.85 bits per heavy atom. The minimum atomic E-state index is -0.225. The Bertz CT molecular complexity index is 893. The summed E-state index contributed by atoms with van der Waals surface area (Å²) in [6.45, 7) is 6.07. The van der Waals surface area contributed by atoms with Crippen LogP contribution in [0, 0.1) is 19.7 Å². The maximum Gasteiger partial charge on any atom is 0.191 e. The van der Waals surface area contributed by atoms with Gasteiger partial charge in [0, 0.05) is 12.8 Å². The van der Waals surface area contributed by atoms with Gasteiger partial charge in [-0.15, -0.1) is 10.2 Å². The zero-order valence-corrected chi connectivity index (χ0v) is 16.2. The largest absolute Gasteiger partial charge is 0.482 e. The summed E-state index contributed by atoms with van der Waals surface area (Å²) in [5.74, 6) is 2.11. The molecule has 0 saturated heterocycles. The van der Waals surface area contributed by atoms with Crippen LogP contribution in [-0.2, 0) is 12.8 Å². The number of nitrogens with zero attached hydrogens (tertiary/aromatic N) is 3. The molecule has 3 rings (SSSR count). The van der Waals surface area contributed by atoms with Crippen LogP contribution in [0.3, 0.4) is 0 Å². The number of ether oxygens (including phenoxy) is 1. The number of aromatic nitrogens is 3. The summed E-state index contributed by atoms with van der Waals surface area (Å²) in [5.41, 5.74) is 3.35. The molecule has 1 aromatic heterocycles. The molecule has 4 nitrogen and oxygen atoms in total. The van der Waals surface area contributed by atoms with Crippen molar-refractivity contribution in [2.75, 3.05) is 0 Å². The minimum Gasteiger partial charge on any atom is -0.482 e. The van der Waals surface area contributed by atoms with Crippen molar-refractivity contribution in [1.82, 2.24) is 14.8 Å². The Balaban J connectivity index is 1.68. The molecule has 0 aliphatic rings. The molecule has 0 aliphatic carbocycles. The van der Waals surface area contributed by atoms with E-state index in [9.17, 15) is 4.39 Å². The fourth-order valence-electron chi connectivity index (χ4n) is 2.71. The van der Waals surface area contributed by atoms with Gasteiger partial charge in [-0.25, -0.2) is 4.39 Å². The molecule has 1 heterocycles. The fraction of sp³-hybridized carbons (Fsp3) is 0.300. The van der Waals surface area contributed by atoms with Crippen LogP contribution in [0.2, 0.25) is 0 Å². The van der Waals surface area contributed by atoms with Crippen molar-refractivity contribution in [1.29, 1.82) is 0 Å². The smallest absolute Gasteiger partial charge is 0.191 e. The number of aryl methyl sites for hydroxylation is 2. The lowest BCUT2D eigenvalue weighted by Crippen LogP contribution is -2.10. The topological polar surface area (TPSA) is 39.9 Å². The lowest BCUT2D eigenvalue weighted by molar-refractivity contribution is 0.210. The first-order chi connectivity index (χ1) is 12.4. The van der Waals surface area contributed by atoms with Crippen molar-refractivity contribution in [2.24, 2.45) is 7.05 Å². The van der Waals surface area contributed by atoms with Crippen molar-refractivity contribution in [2.45, 2.75) is 37.8 Å². The standard InChI is InChI=1S/C20H22FN3OS/c1-13-5-10-18(14(2)11-13)25-15(3)19-22-23-20(24(19)4)26-12-16-6-8-17(21)9-7-16/h5-11,15H,12H2,1-4H3. The third-order valence-electron chi connectivity index (χ3n) is 4.15. The Labute approximate surface area is 157 Å². The molecule has 2 aromatic carbocycles. The molecular weight excluding hydrogens is 349 g/mol. The molecule has 0 fully saturated rings. The predicted octanol–water partition coefficient (Wildman–Crippen LogP) is 5.00. The van der Waals surface area contributed by atoms with Gasteiger partial charge < -0.3 is 9.30 Å². The van der Waals surface area contributed by atoms with Crippen molar-refractivity contribution in [3.63, 3.8) is 0 Å². The number of rotatable bonds is 6. The Kier molecular flexibility index (Phi) is 5.61. The summed E-state index contributed by atoms with van der Waals surface area (Å²) in [4.78, 5) is 0. The molecule has 0 aliphatic heterocycles. The van der Waals surface area contributed by atoms with E-state index in [-0.39, 0.29) is 11.9 Å². The quantitative estimate of drug-likeness (QED) is 0.572. The second-order valence-corrected chi connectivity index (χ2v) is 7.29.